The van der Waals surface area contributed by atoms with Gasteiger partial charge in [0.05, 0.1) is 10.8 Å². The molecule has 2 saturated heterocycles. The van der Waals surface area contributed by atoms with Crippen molar-refractivity contribution in [3.63, 3.8) is 0 Å². The summed E-state index contributed by atoms with van der Waals surface area (Å²) in [6.07, 6.45) is 1.88. The lowest BCUT2D eigenvalue weighted by atomic mass is 9.65. The highest BCUT2D eigenvalue weighted by molar-refractivity contribution is 5.93. The van der Waals surface area contributed by atoms with Crippen LogP contribution < -0.4 is 5.32 Å². The zero-order valence-corrected chi connectivity index (χ0v) is 17.4. The Kier molecular flexibility index (Phi) is 5.38. The zero-order valence-electron chi connectivity index (χ0n) is 17.4. The second-order valence-corrected chi connectivity index (χ2v) is 9.49. The lowest BCUT2D eigenvalue weighted by Crippen LogP contribution is -2.62. The van der Waals surface area contributed by atoms with Gasteiger partial charge in [0, 0.05) is 25.7 Å². The largest absolute Gasteiger partial charge is 0.481 e. The molecule has 0 unspecified atom stereocenters. The Balaban J connectivity index is 1.75. The third kappa shape index (κ3) is 3.58. The van der Waals surface area contributed by atoms with Crippen molar-refractivity contribution in [3.8, 4) is 0 Å². The van der Waals surface area contributed by atoms with Gasteiger partial charge in [-0.15, -0.1) is 0 Å². The van der Waals surface area contributed by atoms with Gasteiger partial charge in [0.15, 0.2) is 0 Å². The van der Waals surface area contributed by atoms with Crippen molar-refractivity contribution in [2.75, 3.05) is 32.7 Å². The molecule has 8 heteroatoms. The number of nitrogens with zero attached hydrogens (tertiary/aromatic N) is 2. The van der Waals surface area contributed by atoms with E-state index in [4.69, 9.17) is 4.74 Å². The number of ether oxygens (including phenoxy) is 1. The van der Waals surface area contributed by atoms with Gasteiger partial charge >= 0.3 is 12.1 Å². The molecule has 3 rings (SSSR count). The van der Waals surface area contributed by atoms with E-state index in [1.807, 2.05) is 27.7 Å². The molecule has 3 aliphatic rings. The second kappa shape index (κ2) is 7.21. The van der Waals surface area contributed by atoms with E-state index in [-0.39, 0.29) is 18.0 Å². The first-order chi connectivity index (χ1) is 13.0. The quantitative estimate of drug-likeness (QED) is 0.754. The molecule has 8 nitrogen and oxygen atoms in total. The fourth-order valence-electron chi connectivity index (χ4n) is 4.80. The molecule has 0 aromatic heterocycles. The van der Waals surface area contributed by atoms with E-state index in [0.717, 1.165) is 0 Å². The number of carbonyl (C=O) groups is 3. The van der Waals surface area contributed by atoms with Crippen molar-refractivity contribution in [2.24, 2.45) is 10.8 Å². The first-order valence-corrected chi connectivity index (χ1v) is 10.3. The predicted molar refractivity (Wildman–Crippen MR) is 103 cm³/mol. The topological polar surface area (TPSA) is 99.2 Å². The van der Waals surface area contributed by atoms with Gasteiger partial charge in [0.25, 0.3) is 0 Å². The van der Waals surface area contributed by atoms with E-state index in [0.29, 0.717) is 58.4 Å². The van der Waals surface area contributed by atoms with Crippen molar-refractivity contribution >= 4 is 18.0 Å². The Labute approximate surface area is 166 Å². The van der Waals surface area contributed by atoms with Crippen LogP contribution in [0.1, 0.15) is 53.4 Å². The molecule has 2 aliphatic heterocycles. The highest BCUT2D eigenvalue weighted by Crippen LogP contribution is 2.63. The summed E-state index contributed by atoms with van der Waals surface area (Å²) >= 11 is 0. The van der Waals surface area contributed by atoms with Crippen LogP contribution in [0.4, 0.5) is 4.79 Å². The summed E-state index contributed by atoms with van der Waals surface area (Å²) < 4.78 is 5.45. The van der Waals surface area contributed by atoms with Crippen molar-refractivity contribution in [3.05, 3.63) is 0 Å². The first kappa shape index (κ1) is 20.9. The molecule has 2 heterocycles. The average molecular weight is 396 g/mol. The lowest BCUT2D eigenvalue weighted by Gasteiger charge is -2.48. The molecule has 158 valence electrons. The molecule has 2 amide bonds. The number of hydrogen-bond donors (Lipinski definition) is 2. The lowest BCUT2D eigenvalue weighted by molar-refractivity contribution is -0.166. The SMILES string of the molecule is C[C@@H]1CN(C(=O)OC(C)(C)C)CCN1C(=O)C1(C2(C(=O)O)CC2)CCNCC1. The molecule has 3 fully saturated rings. The molecular formula is C20H33N3O5. The number of nitrogens with one attached hydrogen (secondary N) is 1. The highest BCUT2D eigenvalue weighted by atomic mass is 16.6. The van der Waals surface area contributed by atoms with Crippen LogP contribution in [0.2, 0.25) is 0 Å². The van der Waals surface area contributed by atoms with E-state index in [2.05, 4.69) is 5.32 Å². The summed E-state index contributed by atoms with van der Waals surface area (Å²) in [5, 5.41) is 13.2. The summed E-state index contributed by atoms with van der Waals surface area (Å²) in [4.78, 5) is 41.6. The standard InChI is InChI=1S/C20H33N3O5/c1-14-13-22(17(27)28-18(2,3)4)11-12-23(14)15(24)19(7-9-21-10-8-19)20(5-6-20)16(25)26/h14,21H,5-13H2,1-4H3,(H,25,26)/t14-/m1/s1. The Morgan fingerprint density at radius 1 is 1.04 bits per heavy atom. The molecule has 0 aromatic carbocycles. The number of carboxylic acid groups (broad SMARTS) is 1. The normalized spacial score (nSPS) is 26.5. The summed E-state index contributed by atoms with van der Waals surface area (Å²) in [6, 6.07) is -0.176. The predicted octanol–water partition coefficient (Wildman–Crippen LogP) is 1.69. The van der Waals surface area contributed by atoms with Crippen LogP contribution in [0, 0.1) is 10.8 Å². The summed E-state index contributed by atoms with van der Waals surface area (Å²) in [5.74, 6) is -0.895. The number of hydrogen-bond acceptors (Lipinski definition) is 5. The fourth-order valence-corrected chi connectivity index (χ4v) is 4.80. The van der Waals surface area contributed by atoms with Crippen LogP contribution >= 0.6 is 0 Å². The van der Waals surface area contributed by atoms with Gasteiger partial charge in [-0.2, -0.15) is 0 Å². The zero-order chi connectivity index (χ0) is 20.7. The molecule has 0 radical (unpaired) electrons. The number of carboxylic acids is 1. The van der Waals surface area contributed by atoms with Gasteiger partial charge in [-0.25, -0.2) is 4.79 Å². The Bertz CT molecular complexity index is 647. The molecule has 1 saturated carbocycles. The maximum absolute atomic E-state index is 13.7. The van der Waals surface area contributed by atoms with Crippen LogP contribution in [0.25, 0.3) is 0 Å². The maximum atomic E-state index is 13.7. The number of carbonyl (C=O) groups excluding carboxylic acids is 2. The molecule has 1 aliphatic carbocycles. The van der Waals surface area contributed by atoms with Crippen LogP contribution in [-0.4, -0.2) is 77.2 Å². The third-order valence-corrected chi connectivity index (χ3v) is 6.48. The molecule has 1 atom stereocenters. The van der Waals surface area contributed by atoms with E-state index in [9.17, 15) is 19.5 Å². The van der Waals surface area contributed by atoms with Gasteiger partial charge in [-0.3, -0.25) is 9.59 Å². The molecule has 0 bridgehead atoms. The van der Waals surface area contributed by atoms with Crippen LogP contribution in [-0.2, 0) is 14.3 Å². The Morgan fingerprint density at radius 3 is 2.11 bits per heavy atom. The van der Waals surface area contributed by atoms with Gasteiger partial charge in [-0.1, -0.05) is 0 Å². The monoisotopic (exact) mass is 395 g/mol. The van der Waals surface area contributed by atoms with Crippen molar-refractivity contribution in [1.82, 2.24) is 15.1 Å². The number of rotatable bonds is 3. The summed E-state index contributed by atoms with van der Waals surface area (Å²) in [6.45, 7) is 9.93. The summed E-state index contributed by atoms with van der Waals surface area (Å²) in [5.41, 5.74) is -2.33. The third-order valence-electron chi connectivity index (χ3n) is 6.48. The average Bonchev–Trinajstić information content (AvgIpc) is 3.42. The number of aliphatic carboxylic acids is 1. The van der Waals surface area contributed by atoms with Gasteiger partial charge < -0.3 is 25.0 Å². The second-order valence-electron chi connectivity index (χ2n) is 9.49. The van der Waals surface area contributed by atoms with Crippen LogP contribution in [0.5, 0.6) is 0 Å². The fraction of sp³-hybridized carbons (Fsp3) is 0.850. The minimum atomic E-state index is -0.922. The van der Waals surface area contributed by atoms with Crippen molar-refractivity contribution in [1.29, 1.82) is 0 Å². The molecule has 0 spiro atoms. The van der Waals surface area contributed by atoms with Gasteiger partial charge in [0.1, 0.15) is 5.60 Å². The van der Waals surface area contributed by atoms with Crippen LogP contribution in [0.3, 0.4) is 0 Å². The van der Waals surface area contributed by atoms with Crippen LogP contribution in [0.15, 0.2) is 0 Å². The summed E-state index contributed by atoms with van der Waals surface area (Å²) in [7, 11) is 0. The first-order valence-electron chi connectivity index (χ1n) is 10.3. The number of piperazine rings is 1. The minimum absolute atomic E-state index is 0.0507. The number of piperidine rings is 1. The van der Waals surface area contributed by atoms with Crippen molar-refractivity contribution in [2.45, 2.75) is 65.0 Å². The van der Waals surface area contributed by atoms with Gasteiger partial charge in [0.2, 0.25) is 5.91 Å². The maximum Gasteiger partial charge on any atom is 0.410 e. The molecule has 2 N–H and O–H groups in total. The van der Waals surface area contributed by atoms with Crippen molar-refractivity contribution < 1.29 is 24.2 Å². The number of amides is 2. The minimum Gasteiger partial charge on any atom is -0.481 e. The molecule has 0 aromatic rings. The van der Waals surface area contributed by atoms with E-state index < -0.39 is 22.4 Å². The Hall–Kier alpha value is -1.83. The highest BCUT2D eigenvalue weighted by Gasteiger charge is 2.68. The molecular weight excluding hydrogens is 362 g/mol. The Morgan fingerprint density at radius 2 is 1.64 bits per heavy atom. The van der Waals surface area contributed by atoms with E-state index >= 15 is 0 Å². The molecule has 28 heavy (non-hydrogen) atoms. The van der Waals surface area contributed by atoms with E-state index in [1.54, 1.807) is 9.80 Å². The van der Waals surface area contributed by atoms with Gasteiger partial charge in [-0.05, 0) is 66.5 Å². The smallest absolute Gasteiger partial charge is 0.410 e. The van der Waals surface area contributed by atoms with E-state index in [1.165, 1.54) is 0 Å².